The fourth-order valence-corrected chi connectivity index (χ4v) is 2.68. The van der Waals surface area contributed by atoms with Gasteiger partial charge in [-0.25, -0.2) is 14.8 Å². The van der Waals surface area contributed by atoms with Crippen LogP contribution in [0.4, 0.5) is 10.6 Å². The van der Waals surface area contributed by atoms with Crippen molar-refractivity contribution in [3.8, 4) is 5.75 Å². The van der Waals surface area contributed by atoms with Gasteiger partial charge in [-0.2, -0.15) is 0 Å². The van der Waals surface area contributed by atoms with Gasteiger partial charge in [0.05, 0.1) is 17.7 Å². The molecule has 0 bridgehead atoms. The fraction of sp³-hybridized carbons (Fsp3) is 0.250. The van der Waals surface area contributed by atoms with E-state index in [9.17, 15) is 9.59 Å². The van der Waals surface area contributed by atoms with Crippen molar-refractivity contribution in [3.63, 3.8) is 0 Å². The first-order valence-electron chi connectivity index (χ1n) is 7.37. The number of hydrogen-bond acceptors (Lipinski definition) is 5. The van der Waals surface area contributed by atoms with E-state index in [1.807, 2.05) is 12.1 Å². The van der Waals surface area contributed by atoms with E-state index in [1.54, 1.807) is 6.07 Å². The lowest BCUT2D eigenvalue weighted by Gasteiger charge is -2.27. The van der Waals surface area contributed by atoms with Crippen LogP contribution in [0.15, 0.2) is 30.5 Å². The molecule has 1 aromatic heterocycles. The predicted octanol–water partition coefficient (Wildman–Crippen LogP) is 2.98. The summed E-state index contributed by atoms with van der Waals surface area (Å²) in [4.78, 5) is 31.3. The maximum atomic E-state index is 12.2. The molecule has 2 amide bonds. The maximum absolute atomic E-state index is 12.2. The SMILES string of the molecule is CC(=O)c1nccc(NC(=O)N[C@H]2CCOc3c(Cl)cccc32)n1. The zero-order valence-corrected chi connectivity index (χ0v) is 13.6. The van der Waals surface area contributed by atoms with Gasteiger partial charge in [-0.05, 0) is 12.1 Å². The number of fused-ring (bicyclic) bond motifs is 1. The number of benzene rings is 1. The Kier molecular flexibility index (Phi) is 4.61. The summed E-state index contributed by atoms with van der Waals surface area (Å²) in [7, 11) is 0. The van der Waals surface area contributed by atoms with E-state index in [-0.39, 0.29) is 23.5 Å². The number of rotatable bonds is 3. The van der Waals surface area contributed by atoms with Crippen LogP contribution in [-0.2, 0) is 0 Å². The minimum absolute atomic E-state index is 0.0518. The lowest BCUT2D eigenvalue weighted by Crippen LogP contribution is -2.35. The van der Waals surface area contributed by atoms with Crippen molar-refractivity contribution in [2.75, 3.05) is 11.9 Å². The molecule has 8 heteroatoms. The Hall–Kier alpha value is -2.67. The highest BCUT2D eigenvalue weighted by Crippen LogP contribution is 2.37. The van der Waals surface area contributed by atoms with Crippen molar-refractivity contribution >= 4 is 29.2 Å². The number of aromatic nitrogens is 2. The largest absolute Gasteiger partial charge is 0.492 e. The highest BCUT2D eigenvalue weighted by molar-refractivity contribution is 6.32. The summed E-state index contributed by atoms with van der Waals surface area (Å²) in [6.45, 7) is 1.82. The quantitative estimate of drug-likeness (QED) is 0.833. The van der Waals surface area contributed by atoms with Crippen molar-refractivity contribution in [1.82, 2.24) is 15.3 Å². The normalized spacial score (nSPS) is 15.8. The molecule has 0 saturated heterocycles. The highest BCUT2D eigenvalue weighted by atomic mass is 35.5. The van der Waals surface area contributed by atoms with E-state index < -0.39 is 6.03 Å². The molecule has 1 aliphatic heterocycles. The number of anilines is 1. The second-order valence-electron chi connectivity index (χ2n) is 5.27. The molecular formula is C16H15ClN4O3. The number of Topliss-reactive ketones (excluding diaryl/α,β-unsaturated/α-hetero) is 1. The molecule has 124 valence electrons. The van der Waals surface area contributed by atoms with Gasteiger partial charge in [-0.1, -0.05) is 23.7 Å². The minimum atomic E-state index is -0.430. The molecule has 2 N–H and O–H groups in total. The number of amides is 2. The van der Waals surface area contributed by atoms with Crippen LogP contribution in [0.25, 0.3) is 0 Å². The molecule has 1 aliphatic rings. The number of nitrogens with one attached hydrogen (secondary N) is 2. The average Bonchev–Trinajstić information content (AvgIpc) is 2.56. The van der Waals surface area contributed by atoms with Gasteiger partial charge in [-0.15, -0.1) is 0 Å². The van der Waals surface area contributed by atoms with Gasteiger partial charge in [-0.3, -0.25) is 10.1 Å². The third kappa shape index (κ3) is 3.46. The molecule has 0 saturated carbocycles. The van der Waals surface area contributed by atoms with Crippen LogP contribution < -0.4 is 15.4 Å². The molecule has 0 aliphatic carbocycles. The fourth-order valence-electron chi connectivity index (χ4n) is 2.45. The number of carbonyl (C=O) groups excluding carboxylic acids is 2. The van der Waals surface area contributed by atoms with E-state index in [2.05, 4.69) is 20.6 Å². The van der Waals surface area contributed by atoms with Crippen LogP contribution >= 0.6 is 11.6 Å². The predicted molar refractivity (Wildman–Crippen MR) is 88.5 cm³/mol. The minimum Gasteiger partial charge on any atom is -0.492 e. The molecule has 2 aromatic rings. The molecule has 0 fully saturated rings. The summed E-state index contributed by atoms with van der Waals surface area (Å²) in [5.41, 5.74) is 0.830. The topological polar surface area (TPSA) is 93.2 Å². The standard InChI is InChI=1S/C16H15ClN4O3/c1-9(22)15-18-7-5-13(20-15)21-16(23)19-12-6-8-24-14-10(12)3-2-4-11(14)17/h2-5,7,12H,6,8H2,1H3,(H2,18,19,20,21,23)/t12-/m0/s1. The van der Waals surface area contributed by atoms with E-state index >= 15 is 0 Å². The highest BCUT2D eigenvalue weighted by Gasteiger charge is 2.24. The summed E-state index contributed by atoms with van der Waals surface area (Å²) in [6.07, 6.45) is 2.05. The zero-order valence-electron chi connectivity index (χ0n) is 12.9. The van der Waals surface area contributed by atoms with Crippen LogP contribution in [0.3, 0.4) is 0 Å². The van der Waals surface area contributed by atoms with Gasteiger partial charge < -0.3 is 10.1 Å². The third-order valence-electron chi connectivity index (χ3n) is 3.54. The van der Waals surface area contributed by atoms with Gasteiger partial charge >= 0.3 is 6.03 Å². The number of halogens is 1. The van der Waals surface area contributed by atoms with Crippen LogP contribution in [0.1, 0.15) is 35.6 Å². The van der Waals surface area contributed by atoms with E-state index in [1.165, 1.54) is 19.2 Å². The summed E-state index contributed by atoms with van der Waals surface area (Å²) in [5.74, 6) is 0.630. The zero-order chi connectivity index (χ0) is 17.1. The lowest BCUT2D eigenvalue weighted by molar-refractivity contribution is 0.100. The molecule has 24 heavy (non-hydrogen) atoms. The van der Waals surface area contributed by atoms with Crippen molar-refractivity contribution in [2.45, 2.75) is 19.4 Å². The van der Waals surface area contributed by atoms with Crippen molar-refractivity contribution < 1.29 is 14.3 Å². The lowest BCUT2D eigenvalue weighted by atomic mass is 10.0. The van der Waals surface area contributed by atoms with Crippen LogP contribution in [-0.4, -0.2) is 28.4 Å². The smallest absolute Gasteiger partial charge is 0.320 e. The number of urea groups is 1. The second-order valence-corrected chi connectivity index (χ2v) is 5.68. The van der Waals surface area contributed by atoms with Crippen LogP contribution in [0.2, 0.25) is 5.02 Å². The summed E-state index contributed by atoms with van der Waals surface area (Å²) in [6, 6.07) is 6.28. The van der Waals surface area contributed by atoms with E-state index in [4.69, 9.17) is 16.3 Å². The molecule has 0 radical (unpaired) electrons. The Balaban J connectivity index is 1.71. The summed E-state index contributed by atoms with van der Waals surface area (Å²) >= 11 is 6.12. The van der Waals surface area contributed by atoms with Gasteiger partial charge in [0.15, 0.2) is 11.6 Å². The molecular weight excluding hydrogens is 332 g/mol. The average molecular weight is 347 g/mol. The Morgan fingerprint density at radius 3 is 2.96 bits per heavy atom. The van der Waals surface area contributed by atoms with Gasteiger partial charge in [0.1, 0.15) is 11.6 Å². The number of hydrogen-bond donors (Lipinski definition) is 2. The number of para-hydroxylation sites is 1. The summed E-state index contributed by atoms with van der Waals surface area (Å²) in [5, 5.41) is 5.98. The first-order valence-corrected chi connectivity index (χ1v) is 7.75. The maximum Gasteiger partial charge on any atom is 0.320 e. The number of ketones is 1. The Morgan fingerprint density at radius 1 is 1.33 bits per heavy atom. The molecule has 1 atom stereocenters. The Bertz CT molecular complexity index is 797. The van der Waals surface area contributed by atoms with Gasteiger partial charge in [0.25, 0.3) is 0 Å². The first kappa shape index (κ1) is 16.2. The van der Waals surface area contributed by atoms with Crippen molar-refractivity contribution in [3.05, 3.63) is 46.9 Å². The first-order chi connectivity index (χ1) is 11.5. The molecule has 0 unspecified atom stereocenters. The van der Waals surface area contributed by atoms with Crippen molar-refractivity contribution in [1.29, 1.82) is 0 Å². The number of nitrogens with zero attached hydrogens (tertiary/aromatic N) is 2. The summed E-state index contributed by atoms with van der Waals surface area (Å²) < 4.78 is 5.56. The second kappa shape index (κ2) is 6.84. The number of carbonyl (C=O) groups is 2. The van der Waals surface area contributed by atoms with E-state index in [0.29, 0.717) is 23.8 Å². The molecule has 1 aromatic carbocycles. The molecule has 3 rings (SSSR count). The monoisotopic (exact) mass is 346 g/mol. The molecule has 7 nitrogen and oxygen atoms in total. The van der Waals surface area contributed by atoms with Gasteiger partial charge in [0, 0.05) is 25.1 Å². The molecule has 0 spiro atoms. The Morgan fingerprint density at radius 2 is 2.17 bits per heavy atom. The van der Waals surface area contributed by atoms with E-state index in [0.717, 1.165) is 5.56 Å². The van der Waals surface area contributed by atoms with Crippen molar-refractivity contribution in [2.24, 2.45) is 0 Å². The van der Waals surface area contributed by atoms with Gasteiger partial charge in [0.2, 0.25) is 0 Å². The van der Waals surface area contributed by atoms with Crippen LogP contribution in [0.5, 0.6) is 5.75 Å². The van der Waals surface area contributed by atoms with Crippen LogP contribution in [0, 0.1) is 0 Å². The third-order valence-corrected chi connectivity index (χ3v) is 3.84. The Labute approximate surface area is 143 Å². The molecule has 2 heterocycles. The number of ether oxygens (including phenoxy) is 1.